The molecule has 0 amide bonds. The molecule has 0 saturated carbocycles. The molecule has 0 aliphatic rings. The quantitative estimate of drug-likeness (QED) is 0.453. The molecule has 3 aromatic heterocycles. The van der Waals surface area contributed by atoms with E-state index in [-0.39, 0.29) is 17.0 Å². The molecule has 0 unspecified atom stereocenters. The number of hydrogen-bond donors (Lipinski definition) is 2. The summed E-state index contributed by atoms with van der Waals surface area (Å²) in [5.41, 5.74) is 1.95. The van der Waals surface area contributed by atoms with Crippen molar-refractivity contribution in [2.24, 2.45) is 0 Å². The smallest absolute Gasteiger partial charge is 0.266 e. The molecule has 0 aliphatic carbocycles. The van der Waals surface area contributed by atoms with Crippen LogP contribution in [0.1, 0.15) is 25.2 Å². The molecular formula is C22H18FN7O. The van der Waals surface area contributed by atoms with Crippen molar-refractivity contribution in [1.29, 1.82) is 0 Å². The van der Waals surface area contributed by atoms with E-state index < -0.39 is 5.82 Å². The van der Waals surface area contributed by atoms with Crippen molar-refractivity contribution in [2.45, 2.75) is 19.4 Å². The first-order chi connectivity index (χ1) is 15.2. The van der Waals surface area contributed by atoms with Gasteiger partial charge in [0.25, 0.3) is 5.56 Å². The molecule has 0 spiro atoms. The molecule has 5 aromatic rings. The average molecular weight is 415 g/mol. The van der Waals surface area contributed by atoms with Crippen molar-refractivity contribution >= 4 is 27.9 Å². The minimum absolute atomic E-state index is 0.223. The summed E-state index contributed by atoms with van der Waals surface area (Å²) in [5.74, 6) is 0.582. The lowest BCUT2D eigenvalue weighted by molar-refractivity contribution is 0.628. The van der Waals surface area contributed by atoms with E-state index in [1.165, 1.54) is 29.1 Å². The standard InChI is InChI=1S/C22H18FN7O/c1-2-16(28-20-18-19(25-11-24-18)26-12-27-20)21-29-17-9-8-13(23)10-15(17)22(31)30(21)14-6-4-3-5-7-14/h3-12,16H,2H2,1H3,(H2,24,25,26,27,28)/t16-/m0/s1. The molecule has 5 rings (SSSR count). The summed E-state index contributed by atoms with van der Waals surface area (Å²) >= 11 is 0. The molecule has 3 heterocycles. The van der Waals surface area contributed by atoms with Crippen molar-refractivity contribution in [2.75, 3.05) is 5.32 Å². The second-order valence-electron chi connectivity index (χ2n) is 7.04. The maximum atomic E-state index is 13.9. The Kier molecular flexibility index (Phi) is 4.62. The van der Waals surface area contributed by atoms with Crippen molar-refractivity contribution in [3.8, 4) is 5.69 Å². The second-order valence-corrected chi connectivity index (χ2v) is 7.04. The number of anilines is 1. The van der Waals surface area contributed by atoms with E-state index >= 15 is 0 Å². The third-order valence-corrected chi connectivity index (χ3v) is 5.12. The third-order valence-electron chi connectivity index (χ3n) is 5.12. The highest BCUT2D eigenvalue weighted by Gasteiger charge is 2.22. The normalized spacial score (nSPS) is 12.3. The van der Waals surface area contributed by atoms with Crippen molar-refractivity contribution in [3.05, 3.63) is 83.2 Å². The molecule has 8 nitrogen and oxygen atoms in total. The number of para-hydroxylation sites is 1. The minimum Gasteiger partial charge on any atom is -0.358 e. The summed E-state index contributed by atoms with van der Waals surface area (Å²) < 4.78 is 15.4. The van der Waals surface area contributed by atoms with Crippen molar-refractivity contribution in [1.82, 2.24) is 29.5 Å². The molecule has 2 aromatic carbocycles. The molecule has 1 atom stereocenters. The highest BCUT2D eigenvalue weighted by atomic mass is 19.1. The lowest BCUT2D eigenvalue weighted by Gasteiger charge is -2.22. The van der Waals surface area contributed by atoms with Crippen LogP contribution in [0.3, 0.4) is 0 Å². The Morgan fingerprint density at radius 1 is 1.13 bits per heavy atom. The fourth-order valence-electron chi connectivity index (χ4n) is 3.62. The predicted octanol–water partition coefficient (Wildman–Crippen LogP) is 3.75. The van der Waals surface area contributed by atoms with Crippen molar-refractivity contribution in [3.63, 3.8) is 0 Å². The van der Waals surface area contributed by atoms with Crippen LogP contribution in [0.15, 0.2) is 66.0 Å². The Morgan fingerprint density at radius 2 is 1.97 bits per heavy atom. The van der Waals surface area contributed by atoms with E-state index in [1.807, 2.05) is 37.3 Å². The Morgan fingerprint density at radius 3 is 2.77 bits per heavy atom. The first kappa shape index (κ1) is 18.9. The van der Waals surface area contributed by atoms with Gasteiger partial charge in [0, 0.05) is 0 Å². The number of hydrogen-bond acceptors (Lipinski definition) is 6. The van der Waals surface area contributed by atoms with Crippen molar-refractivity contribution < 1.29 is 4.39 Å². The van der Waals surface area contributed by atoms with Gasteiger partial charge < -0.3 is 10.3 Å². The first-order valence-electron chi connectivity index (χ1n) is 9.84. The molecular weight excluding hydrogens is 397 g/mol. The number of halogens is 1. The SMILES string of the molecule is CC[C@H](Nc1ncnc2nc[nH]c12)c1nc2ccc(F)cc2c(=O)n1-c1ccccc1. The zero-order valence-corrected chi connectivity index (χ0v) is 16.6. The zero-order chi connectivity index (χ0) is 21.4. The summed E-state index contributed by atoms with van der Waals surface area (Å²) in [4.78, 5) is 33.8. The molecule has 0 fully saturated rings. The maximum absolute atomic E-state index is 13.9. The van der Waals surface area contributed by atoms with Crippen LogP contribution in [0.5, 0.6) is 0 Å². The number of aromatic amines is 1. The predicted molar refractivity (Wildman–Crippen MR) is 116 cm³/mol. The molecule has 0 aliphatic heterocycles. The number of nitrogens with one attached hydrogen (secondary N) is 2. The van der Waals surface area contributed by atoms with E-state index in [0.717, 1.165) is 0 Å². The summed E-state index contributed by atoms with van der Waals surface area (Å²) in [6.07, 6.45) is 3.60. The summed E-state index contributed by atoms with van der Waals surface area (Å²) in [7, 11) is 0. The van der Waals surface area contributed by atoms with Gasteiger partial charge in [-0.25, -0.2) is 24.3 Å². The van der Waals surface area contributed by atoms with Gasteiger partial charge >= 0.3 is 0 Å². The van der Waals surface area contributed by atoms with Crippen LogP contribution in [0.2, 0.25) is 0 Å². The van der Waals surface area contributed by atoms with Gasteiger partial charge in [0.05, 0.1) is 29.0 Å². The number of nitrogens with zero attached hydrogens (tertiary/aromatic N) is 5. The number of fused-ring (bicyclic) bond motifs is 2. The number of aromatic nitrogens is 6. The van der Waals surface area contributed by atoms with Gasteiger partial charge in [-0.15, -0.1) is 0 Å². The summed E-state index contributed by atoms with van der Waals surface area (Å²) in [5, 5.41) is 3.59. The number of benzene rings is 2. The fraction of sp³-hybridized carbons (Fsp3) is 0.136. The lowest BCUT2D eigenvalue weighted by atomic mass is 10.1. The second kappa shape index (κ2) is 7.60. The molecule has 9 heteroatoms. The summed E-state index contributed by atoms with van der Waals surface area (Å²) in [6.45, 7) is 1.99. The Hall–Kier alpha value is -4.14. The third kappa shape index (κ3) is 3.29. The molecule has 2 N–H and O–H groups in total. The topological polar surface area (TPSA) is 101 Å². The van der Waals surface area contributed by atoms with Gasteiger partial charge in [-0.2, -0.15) is 0 Å². The lowest BCUT2D eigenvalue weighted by Crippen LogP contribution is -2.28. The Balaban J connectivity index is 1.72. The first-order valence-corrected chi connectivity index (χ1v) is 9.84. The van der Waals surface area contributed by atoms with Crippen LogP contribution in [-0.4, -0.2) is 29.5 Å². The largest absolute Gasteiger partial charge is 0.358 e. The molecule has 0 radical (unpaired) electrons. The van der Waals surface area contributed by atoms with E-state index in [9.17, 15) is 9.18 Å². The maximum Gasteiger partial charge on any atom is 0.266 e. The van der Waals surface area contributed by atoms with Gasteiger partial charge in [0.2, 0.25) is 0 Å². The highest BCUT2D eigenvalue weighted by Crippen LogP contribution is 2.26. The van der Waals surface area contributed by atoms with Gasteiger partial charge in [-0.05, 0) is 36.8 Å². The van der Waals surface area contributed by atoms with Gasteiger partial charge in [-0.1, -0.05) is 25.1 Å². The molecule has 0 saturated heterocycles. The number of imidazole rings is 1. The van der Waals surface area contributed by atoms with Crippen LogP contribution in [0.25, 0.3) is 27.8 Å². The zero-order valence-electron chi connectivity index (χ0n) is 16.6. The molecule has 0 bridgehead atoms. The van der Waals surface area contributed by atoms with Crippen LogP contribution in [0, 0.1) is 5.82 Å². The molecule has 154 valence electrons. The van der Waals surface area contributed by atoms with Crippen LogP contribution in [0.4, 0.5) is 10.2 Å². The van der Waals surface area contributed by atoms with E-state index in [1.54, 1.807) is 6.33 Å². The molecule has 31 heavy (non-hydrogen) atoms. The average Bonchev–Trinajstić information content (AvgIpc) is 3.28. The van der Waals surface area contributed by atoms with Gasteiger partial charge in [-0.3, -0.25) is 9.36 Å². The van der Waals surface area contributed by atoms with Crippen LogP contribution in [-0.2, 0) is 0 Å². The summed E-state index contributed by atoms with van der Waals surface area (Å²) in [6, 6.07) is 12.9. The van der Waals surface area contributed by atoms with Gasteiger partial charge in [0.1, 0.15) is 23.5 Å². The van der Waals surface area contributed by atoms with E-state index in [2.05, 4.69) is 25.3 Å². The number of H-pyrrole nitrogens is 1. The van der Waals surface area contributed by atoms with E-state index in [4.69, 9.17) is 4.98 Å². The Labute approximate surface area is 175 Å². The van der Waals surface area contributed by atoms with Crippen LogP contribution >= 0.6 is 0 Å². The minimum atomic E-state index is -0.480. The van der Waals surface area contributed by atoms with Crippen LogP contribution < -0.4 is 10.9 Å². The van der Waals surface area contributed by atoms with E-state index in [0.29, 0.717) is 40.4 Å². The Bertz CT molecular complexity index is 1450. The van der Waals surface area contributed by atoms with Gasteiger partial charge in [0.15, 0.2) is 11.5 Å². The monoisotopic (exact) mass is 415 g/mol. The fourth-order valence-corrected chi connectivity index (χ4v) is 3.62. The highest BCUT2D eigenvalue weighted by molar-refractivity contribution is 5.82. The number of rotatable bonds is 5.